The lowest BCUT2D eigenvalue weighted by atomic mass is 10.1. The number of anilines is 2. The first-order valence-electron chi connectivity index (χ1n) is 10.1. The van der Waals surface area contributed by atoms with Crippen molar-refractivity contribution in [3.8, 4) is 0 Å². The number of furan rings is 1. The Morgan fingerprint density at radius 3 is 2.67 bits per heavy atom. The quantitative estimate of drug-likeness (QED) is 0.653. The molecule has 3 aromatic rings. The number of carbonyl (C=O) groups is 2. The average molecular weight is 403 g/mol. The summed E-state index contributed by atoms with van der Waals surface area (Å²) in [5.41, 5.74) is 4.60. The van der Waals surface area contributed by atoms with Gasteiger partial charge < -0.3 is 14.6 Å². The fraction of sp³-hybridized carbons (Fsp3) is 0.250. The number of urea groups is 1. The molecule has 6 heteroatoms. The van der Waals surface area contributed by atoms with Crippen LogP contribution in [-0.2, 0) is 6.54 Å². The highest BCUT2D eigenvalue weighted by molar-refractivity contribution is 6.06. The Balaban J connectivity index is 1.59. The van der Waals surface area contributed by atoms with Gasteiger partial charge >= 0.3 is 6.03 Å². The molecule has 1 fully saturated rings. The van der Waals surface area contributed by atoms with E-state index < -0.39 is 0 Å². The molecule has 1 aromatic heterocycles. The molecule has 1 aliphatic heterocycles. The molecule has 4 rings (SSSR count). The van der Waals surface area contributed by atoms with Crippen molar-refractivity contribution in [2.45, 2.75) is 26.8 Å². The van der Waals surface area contributed by atoms with E-state index in [1.54, 1.807) is 17.0 Å². The Hall–Kier alpha value is -3.54. The van der Waals surface area contributed by atoms with E-state index in [9.17, 15) is 9.59 Å². The molecule has 2 aromatic carbocycles. The maximum Gasteiger partial charge on any atom is 0.324 e. The Morgan fingerprint density at radius 1 is 1.07 bits per heavy atom. The molecule has 0 spiro atoms. The molecule has 154 valence electrons. The third kappa shape index (κ3) is 4.08. The summed E-state index contributed by atoms with van der Waals surface area (Å²) < 4.78 is 5.20. The molecule has 2 heterocycles. The monoisotopic (exact) mass is 403 g/mol. The van der Waals surface area contributed by atoms with E-state index in [4.69, 9.17) is 4.42 Å². The highest BCUT2D eigenvalue weighted by atomic mass is 16.3. The predicted octanol–water partition coefficient (Wildman–Crippen LogP) is 4.98. The van der Waals surface area contributed by atoms with Crippen LogP contribution in [-0.4, -0.2) is 29.9 Å². The Kier molecular flexibility index (Phi) is 5.57. The van der Waals surface area contributed by atoms with Crippen molar-refractivity contribution < 1.29 is 14.0 Å². The lowest BCUT2D eigenvalue weighted by Gasteiger charge is -2.36. The summed E-state index contributed by atoms with van der Waals surface area (Å²) in [6, 6.07) is 17.1. The van der Waals surface area contributed by atoms with Gasteiger partial charge in [0.25, 0.3) is 5.91 Å². The van der Waals surface area contributed by atoms with Gasteiger partial charge in [-0.15, -0.1) is 0 Å². The van der Waals surface area contributed by atoms with Crippen LogP contribution in [0.3, 0.4) is 0 Å². The van der Waals surface area contributed by atoms with E-state index in [0.717, 1.165) is 17.5 Å². The van der Waals surface area contributed by atoms with Crippen LogP contribution in [0, 0.1) is 13.8 Å². The Labute approximate surface area is 176 Å². The van der Waals surface area contributed by atoms with Crippen molar-refractivity contribution in [2.24, 2.45) is 0 Å². The largest absolute Gasteiger partial charge is 0.459 e. The SMILES string of the molecule is Cc1ccc(N2CCCN(Cc3ccccc3C)C2=O)c(NC(=O)c2ccco2)c1. The van der Waals surface area contributed by atoms with Gasteiger partial charge in [0.1, 0.15) is 0 Å². The van der Waals surface area contributed by atoms with E-state index in [2.05, 4.69) is 24.4 Å². The van der Waals surface area contributed by atoms with E-state index in [1.807, 2.05) is 42.2 Å². The van der Waals surface area contributed by atoms with Crippen LogP contribution >= 0.6 is 0 Å². The van der Waals surface area contributed by atoms with Crippen LogP contribution in [0.1, 0.15) is 33.7 Å². The maximum atomic E-state index is 13.3. The highest BCUT2D eigenvalue weighted by Crippen LogP contribution is 2.31. The number of aryl methyl sites for hydroxylation is 2. The Bertz CT molecular complexity index is 1060. The average Bonchev–Trinajstić information content (AvgIpc) is 3.27. The van der Waals surface area contributed by atoms with Crippen LogP contribution in [0.4, 0.5) is 16.2 Å². The second-order valence-electron chi connectivity index (χ2n) is 7.59. The zero-order valence-electron chi connectivity index (χ0n) is 17.2. The summed E-state index contributed by atoms with van der Waals surface area (Å²) in [5.74, 6) is -0.110. The van der Waals surface area contributed by atoms with Gasteiger partial charge in [0, 0.05) is 19.6 Å². The molecule has 0 aliphatic carbocycles. The summed E-state index contributed by atoms with van der Waals surface area (Å²) in [4.78, 5) is 29.5. The van der Waals surface area contributed by atoms with Gasteiger partial charge in [0.05, 0.1) is 17.6 Å². The standard InChI is InChI=1S/C24H25N3O3/c1-17-10-11-21(20(15-17)25-23(28)22-9-5-14-30-22)27-13-6-12-26(24(27)29)16-19-8-4-3-7-18(19)2/h3-5,7-11,14-15H,6,12-13,16H2,1-2H3,(H,25,28). The molecule has 6 nitrogen and oxygen atoms in total. The molecule has 0 radical (unpaired) electrons. The zero-order valence-corrected chi connectivity index (χ0v) is 17.2. The van der Waals surface area contributed by atoms with Crippen LogP contribution in [0.25, 0.3) is 0 Å². The van der Waals surface area contributed by atoms with Gasteiger partial charge in [-0.2, -0.15) is 0 Å². The second-order valence-corrected chi connectivity index (χ2v) is 7.59. The molecule has 1 N–H and O–H groups in total. The van der Waals surface area contributed by atoms with Gasteiger partial charge in [0.2, 0.25) is 0 Å². The molecule has 0 atom stereocenters. The number of benzene rings is 2. The van der Waals surface area contributed by atoms with Gasteiger partial charge in [-0.3, -0.25) is 9.69 Å². The molecule has 3 amide bonds. The van der Waals surface area contributed by atoms with Crippen molar-refractivity contribution in [3.05, 3.63) is 83.3 Å². The first-order chi connectivity index (χ1) is 14.5. The molecular weight excluding hydrogens is 378 g/mol. The van der Waals surface area contributed by atoms with Gasteiger partial charge in [0.15, 0.2) is 5.76 Å². The minimum Gasteiger partial charge on any atom is -0.459 e. The summed E-state index contributed by atoms with van der Waals surface area (Å²) in [6.07, 6.45) is 2.32. The lowest BCUT2D eigenvalue weighted by molar-refractivity contribution is 0.0996. The van der Waals surface area contributed by atoms with Gasteiger partial charge in [-0.25, -0.2) is 4.79 Å². The predicted molar refractivity (Wildman–Crippen MR) is 117 cm³/mol. The minimum atomic E-state index is -0.340. The molecule has 0 bridgehead atoms. The van der Waals surface area contributed by atoms with Crippen molar-refractivity contribution in [1.82, 2.24) is 4.90 Å². The number of hydrogen-bond acceptors (Lipinski definition) is 3. The van der Waals surface area contributed by atoms with Crippen molar-refractivity contribution in [1.29, 1.82) is 0 Å². The number of carbonyl (C=O) groups excluding carboxylic acids is 2. The fourth-order valence-electron chi connectivity index (χ4n) is 3.72. The molecule has 1 saturated heterocycles. The van der Waals surface area contributed by atoms with E-state index in [-0.39, 0.29) is 17.7 Å². The van der Waals surface area contributed by atoms with E-state index in [1.165, 1.54) is 11.8 Å². The molecule has 1 aliphatic rings. The van der Waals surface area contributed by atoms with E-state index in [0.29, 0.717) is 31.0 Å². The number of nitrogens with zero attached hydrogens (tertiary/aromatic N) is 2. The molecule has 0 unspecified atom stereocenters. The zero-order chi connectivity index (χ0) is 21.1. The van der Waals surface area contributed by atoms with Crippen molar-refractivity contribution in [3.63, 3.8) is 0 Å². The Morgan fingerprint density at radius 2 is 1.90 bits per heavy atom. The van der Waals surface area contributed by atoms with Crippen LogP contribution in [0.2, 0.25) is 0 Å². The third-order valence-corrected chi connectivity index (χ3v) is 5.37. The fourth-order valence-corrected chi connectivity index (χ4v) is 3.72. The normalized spacial score (nSPS) is 14.1. The summed E-state index contributed by atoms with van der Waals surface area (Å²) in [7, 11) is 0. The van der Waals surface area contributed by atoms with Crippen LogP contribution in [0.5, 0.6) is 0 Å². The first-order valence-corrected chi connectivity index (χ1v) is 10.1. The summed E-state index contributed by atoms with van der Waals surface area (Å²) >= 11 is 0. The van der Waals surface area contributed by atoms with E-state index >= 15 is 0 Å². The second kappa shape index (κ2) is 8.45. The topological polar surface area (TPSA) is 65.8 Å². The highest BCUT2D eigenvalue weighted by Gasteiger charge is 2.29. The van der Waals surface area contributed by atoms with Gasteiger partial charge in [-0.1, -0.05) is 30.3 Å². The number of hydrogen-bond donors (Lipinski definition) is 1. The van der Waals surface area contributed by atoms with Gasteiger partial charge in [-0.05, 0) is 61.2 Å². The number of rotatable bonds is 5. The number of amides is 3. The smallest absolute Gasteiger partial charge is 0.324 e. The molecule has 0 saturated carbocycles. The number of nitrogens with one attached hydrogen (secondary N) is 1. The van der Waals surface area contributed by atoms with Crippen molar-refractivity contribution in [2.75, 3.05) is 23.3 Å². The molecular formula is C24H25N3O3. The maximum absolute atomic E-state index is 13.3. The summed E-state index contributed by atoms with van der Waals surface area (Å²) in [5, 5.41) is 2.90. The van der Waals surface area contributed by atoms with Crippen LogP contribution in [0.15, 0.2) is 65.3 Å². The molecule has 30 heavy (non-hydrogen) atoms. The van der Waals surface area contributed by atoms with Crippen LogP contribution < -0.4 is 10.2 Å². The lowest BCUT2D eigenvalue weighted by Crippen LogP contribution is -2.49. The summed E-state index contributed by atoms with van der Waals surface area (Å²) in [6.45, 7) is 5.90. The first kappa shape index (κ1) is 19.8. The van der Waals surface area contributed by atoms with Crippen molar-refractivity contribution >= 4 is 23.3 Å². The minimum absolute atomic E-state index is 0.0538. The third-order valence-electron chi connectivity index (χ3n) is 5.37.